The minimum atomic E-state index is -4.49. The quantitative estimate of drug-likeness (QED) is 0.756. The van der Waals surface area contributed by atoms with E-state index in [1.165, 1.54) is 0 Å². The van der Waals surface area contributed by atoms with Gasteiger partial charge in [0.2, 0.25) is 5.91 Å². The molecule has 0 aliphatic rings. The Bertz CT molecular complexity index is 699. The summed E-state index contributed by atoms with van der Waals surface area (Å²) >= 11 is 11.6. The Labute approximate surface area is 141 Å². The average molecular weight is 362 g/mol. The fourth-order valence-electron chi connectivity index (χ4n) is 1.92. The maximum absolute atomic E-state index is 12.7. The molecular weight excluding hydrogens is 350 g/mol. The van der Waals surface area contributed by atoms with Crippen LogP contribution < -0.4 is 5.32 Å². The van der Waals surface area contributed by atoms with Crippen molar-refractivity contribution in [3.05, 3.63) is 63.6 Å². The fourth-order valence-corrected chi connectivity index (χ4v) is 2.21. The summed E-state index contributed by atoms with van der Waals surface area (Å²) in [7, 11) is 0. The number of amides is 1. The molecule has 2 aromatic carbocycles. The summed E-state index contributed by atoms with van der Waals surface area (Å²) in [5.74, 6) is -0.416. The van der Waals surface area contributed by atoms with Gasteiger partial charge in [-0.2, -0.15) is 13.2 Å². The van der Waals surface area contributed by atoms with Crippen molar-refractivity contribution in [1.29, 1.82) is 0 Å². The van der Waals surface area contributed by atoms with Gasteiger partial charge in [0.25, 0.3) is 0 Å². The lowest BCUT2D eigenvalue weighted by Crippen LogP contribution is -2.14. The van der Waals surface area contributed by atoms with Crippen molar-refractivity contribution in [2.24, 2.45) is 0 Å². The van der Waals surface area contributed by atoms with Crippen LogP contribution in [-0.4, -0.2) is 5.91 Å². The van der Waals surface area contributed by atoms with Crippen LogP contribution >= 0.6 is 23.2 Å². The van der Waals surface area contributed by atoms with Crippen LogP contribution in [0.2, 0.25) is 10.0 Å². The molecule has 0 atom stereocenters. The molecule has 0 heterocycles. The third-order valence-corrected chi connectivity index (χ3v) is 3.70. The highest BCUT2D eigenvalue weighted by Crippen LogP contribution is 2.33. The van der Waals surface area contributed by atoms with Crippen molar-refractivity contribution < 1.29 is 18.0 Å². The summed E-state index contributed by atoms with van der Waals surface area (Å²) in [5.41, 5.74) is -0.0165. The Kier molecular flexibility index (Phi) is 5.55. The largest absolute Gasteiger partial charge is 0.416 e. The molecule has 2 nitrogen and oxygen atoms in total. The number of nitrogens with one attached hydrogen (secondary N) is 1. The molecular formula is C16H12Cl2F3NO. The van der Waals surface area contributed by atoms with E-state index in [1.807, 2.05) is 0 Å². The van der Waals surface area contributed by atoms with Gasteiger partial charge in [0.1, 0.15) is 0 Å². The van der Waals surface area contributed by atoms with Gasteiger partial charge in [-0.05, 0) is 42.3 Å². The normalized spacial score (nSPS) is 11.3. The van der Waals surface area contributed by atoms with E-state index >= 15 is 0 Å². The molecule has 0 spiro atoms. The molecule has 0 bridgehead atoms. The van der Waals surface area contributed by atoms with Crippen LogP contribution in [0.1, 0.15) is 17.5 Å². The summed E-state index contributed by atoms with van der Waals surface area (Å²) in [6.45, 7) is 0. The number of rotatable bonds is 4. The number of hydrogen-bond acceptors (Lipinski definition) is 1. The van der Waals surface area contributed by atoms with Crippen LogP contribution in [-0.2, 0) is 17.4 Å². The van der Waals surface area contributed by atoms with Crippen molar-refractivity contribution in [3.8, 4) is 0 Å². The number of halogens is 5. The van der Waals surface area contributed by atoms with E-state index < -0.39 is 17.6 Å². The Hall–Kier alpha value is -1.72. The Morgan fingerprint density at radius 3 is 2.30 bits per heavy atom. The molecule has 0 aliphatic heterocycles. The van der Waals surface area contributed by atoms with E-state index in [9.17, 15) is 18.0 Å². The summed E-state index contributed by atoms with van der Waals surface area (Å²) in [6, 6.07) is 9.78. The van der Waals surface area contributed by atoms with Crippen molar-refractivity contribution in [1.82, 2.24) is 0 Å². The first-order valence-electron chi connectivity index (χ1n) is 6.67. The van der Waals surface area contributed by atoms with Gasteiger partial charge in [0.15, 0.2) is 0 Å². The van der Waals surface area contributed by atoms with Crippen molar-refractivity contribution in [2.45, 2.75) is 19.0 Å². The molecule has 2 rings (SSSR count). The topological polar surface area (TPSA) is 29.1 Å². The predicted octanol–water partition coefficient (Wildman–Crippen LogP) is 5.58. The van der Waals surface area contributed by atoms with E-state index in [2.05, 4.69) is 5.32 Å². The molecule has 0 fully saturated rings. The zero-order chi connectivity index (χ0) is 17.0. The van der Waals surface area contributed by atoms with Gasteiger partial charge < -0.3 is 5.32 Å². The average Bonchev–Trinajstić information content (AvgIpc) is 2.48. The molecule has 1 amide bonds. The van der Waals surface area contributed by atoms with Crippen LogP contribution in [0, 0.1) is 0 Å². The van der Waals surface area contributed by atoms with Gasteiger partial charge in [-0.3, -0.25) is 4.79 Å². The zero-order valence-electron chi connectivity index (χ0n) is 11.8. The summed E-state index contributed by atoms with van der Waals surface area (Å²) in [5, 5.41) is 3.05. The molecule has 0 radical (unpaired) electrons. The minimum Gasteiger partial charge on any atom is -0.325 e. The Morgan fingerprint density at radius 2 is 1.70 bits per heavy atom. The molecule has 7 heteroatoms. The summed E-state index contributed by atoms with van der Waals surface area (Å²) in [4.78, 5) is 11.9. The Morgan fingerprint density at radius 1 is 1.04 bits per heavy atom. The lowest BCUT2D eigenvalue weighted by Gasteiger charge is -2.11. The van der Waals surface area contributed by atoms with E-state index in [0.717, 1.165) is 23.8 Å². The molecule has 0 saturated carbocycles. The van der Waals surface area contributed by atoms with E-state index in [1.54, 1.807) is 24.3 Å². The second kappa shape index (κ2) is 7.23. The van der Waals surface area contributed by atoms with E-state index in [4.69, 9.17) is 23.2 Å². The first-order valence-corrected chi connectivity index (χ1v) is 7.42. The van der Waals surface area contributed by atoms with Gasteiger partial charge in [0, 0.05) is 11.4 Å². The molecule has 1 N–H and O–H groups in total. The molecule has 23 heavy (non-hydrogen) atoms. The van der Waals surface area contributed by atoms with Gasteiger partial charge in [0.05, 0.1) is 16.3 Å². The van der Waals surface area contributed by atoms with Crippen molar-refractivity contribution in [3.63, 3.8) is 0 Å². The van der Waals surface area contributed by atoms with Crippen LogP contribution in [0.5, 0.6) is 0 Å². The van der Waals surface area contributed by atoms with Crippen LogP contribution in [0.25, 0.3) is 0 Å². The fraction of sp³-hybridized carbons (Fsp3) is 0.188. The zero-order valence-corrected chi connectivity index (χ0v) is 13.3. The lowest BCUT2D eigenvalue weighted by atomic mass is 10.1. The van der Waals surface area contributed by atoms with Crippen LogP contribution in [0.4, 0.5) is 18.9 Å². The SMILES string of the molecule is O=C(CCc1ccc(Cl)cc1)Nc1cc(C(F)(F)F)ccc1Cl. The molecule has 0 saturated heterocycles. The Balaban J connectivity index is 2.01. The number of hydrogen-bond donors (Lipinski definition) is 1. The third-order valence-electron chi connectivity index (χ3n) is 3.12. The lowest BCUT2D eigenvalue weighted by molar-refractivity contribution is -0.137. The standard InChI is InChI=1S/C16H12Cl2F3NO/c17-12-5-1-10(2-6-12)3-8-15(23)22-14-9-11(16(19,20)21)4-7-13(14)18/h1-2,4-7,9H,3,8H2,(H,22,23). The maximum Gasteiger partial charge on any atom is 0.416 e. The van der Waals surface area contributed by atoms with E-state index in [0.29, 0.717) is 11.4 Å². The van der Waals surface area contributed by atoms with Crippen molar-refractivity contribution >= 4 is 34.8 Å². The van der Waals surface area contributed by atoms with Gasteiger partial charge in [-0.15, -0.1) is 0 Å². The first kappa shape index (κ1) is 17.6. The number of alkyl halides is 3. The summed E-state index contributed by atoms with van der Waals surface area (Å²) < 4.78 is 38.0. The highest BCUT2D eigenvalue weighted by Gasteiger charge is 2.31. The highest BCUT2D eigenvalue weighted by atomic mass is 35.5. The van der Waals surface area contributed by atoms with E-state index in [-0.39, 0.29) is 17.1 Å². The number of benzene rings is 2. The number of anilines is 1. The van der Waals surface area contributed by atoms with Crippen molar-refractivity contribution in [2.75, 3.05) is 5.32 Å². The smallest absolute Gasteiger partial charge is 0.325 e. The van der Waals surface area contributed by atoms with Crippen LogP contribution in [0.15, 0.2) is 42.5 Å². The van der Waals surface area contributed by atoms with Gasteiger partial charge in [-0.25, -0.2) is 0 Å². The highest BCUT2D eigenvalue weighted by molar-refractivity contribution is 6.33. The molecule has 122 valence electrons. The maximum atomic E-state index is 12.7. The van der Waals surface area contributed by atoms with Gasteiger partial charge in [-0.1, -0.05) is 35.3 Å². The molecule has 2 aromatic rings. The predicted molar refractivity (Wildman–Crippen MR) is 84.9 cm³/mol. The van der Waals surface area contributed by atoms with Crippen LogP contribution in [0.3, 0.4) is 0 Å². The second-order valence-electron chi connectivity index (χ2n) is 4.87. The summed E-state index contributed by atoms with van der Waals surface area (Å²) in [6.07, 6.45) is -3.93. The third kappa shape index (κ3) is 5.15. The number of aryl methyl sites for hydroxylation is 1. The number of carbonyl (C=O) groups excluding carboxylic acids is 1. The number of carbonyl (C=O) groups is 1. The molecule has 0 aliphatic carbocycles. The minimum absolute atomic E-state index is 0.0532. The second-order valence-corrected chi connectivity index (χ2v) is 5.71. The molecule has 0 unspecified atom stereocenters. The monoisotopic (exact) mass is 361 g/mol. The first-order chi connectivity index (χ1) is 10.8. The van der Waals surface area contributed by atoms with Gasteiger partial charge >= 0.3 is 6.18 Å². The molecule has 0 aromatic heterocycles.